The number of hydrogen-bond donors (Lipinski definition) is 1. The largest absolute Gasteiger partial charge is 0.381 e. The zero-order valence-corrected chi connectivity index (χ0v) is 15.8. The molecule has 2 aromatic rings. The van der Waals surface area contributed by atoms with Gasteiger partial charge in [-0.05, 0) is 43.0 Å². The Morgan fingerprint density at radius 1 is 1.26 bits per heavy atom. The number of benzene rings is 2. The highest BCUT2D eigenvalue weighted by Crippen LogP contribution is 2.38. The van der Waals surface area contributed by atoms with Crippen LogP contribution in [0.1, 0.15) is 34.3 Å². The first kappa shape index (κ1) is 19.3. The van der Waals surface area contributed by atoms with Crippen molar-refractivity contribution in [3.63, 3.8) is 0 Å². The van der Waals surface area contributed by atoms with Crippen molar-refractivity contribution in [1.82, 2.24) is 5.32 Å². The molecule has 1 amide bonds. The van der Waals surface area contributed by atoms with Gasteiger partial charge in [0, 0.05) is 47.9 Å². The molecule has 0 unspecified atom stereocenters. The van der Waals surface area contributed by atoms with Crippen LogP contribution in [0, 0.1) is 17.0 Å². The maximum absolute atomic E-state index is 12.7. The summed E-state index contributed by atoms with van der Waals surface area (Å²) < 4.78 is 5.51. The number of non-ortho nitro benzene ring substituents is 1. The Morgan fingerprint density at radius 2 is 1.96 bits per heavy atom. The van der Waals surface area contributed by atoms with Crippen molar-refractivity contribution < 1.29 is 14.5 Å². The van der Waals surface area contributed by atoms with Crippen molar-refractivity contribution in [2.24, 2.45) is 0 Å². The summed E-state index contributed by atoms with van der Waals surface area (Å²) in [5, 5.41) is 14.6. The molecule has 2 aromatic carbocycles. The van der Waals surface area contributed by atoms with E-state index >= 15 is 0 Å². The average molecular weight is 389 g/mol. The lowest BCUT2D eigenvalue weighted by Crippen LogP contribution is -2.44. The molecule has 0 aliphatic carbocycles. The smallest absolute Gasteiger partial charge is 0.269 e. The molecule has 27 heavy (non-hydrogen) atoms. The Kier molecular flexibility index (Phi) is 5.77. The van der Waals surface area contributed by atoms with E-state index in [1.807, 2.05) is 24.3 Å². The summed E-state index contributed by atoms with van der Waals surface area (Å²) in [6, 6.07) is 11.9. The second kappa shape index (κ2) is 8.06. The second-order valence-corrected chi connectivity index (χ2v) is 7.22. The van der Waals surface area contributed by atoms with E-state index in [0.717, 1.165) is 18.4 Å². The van der Waals surface area contributed by atoms with Gasteiger partial charge in [-0.1, -0.05) is 29.8 Å². The Labute approximate surface area is 162 Å². The summed E-state index contributed by atoms with van der Waals surface area (Å²) >= 11 is 6.43. The van der Waals surface area contributed by atoms with Crippen LogP contribution >= 0.6 is 11.6 Å². The molecular formula is C20H21ClN2O4. The first-order chi connectivity index (χ1) is 12.9. The van der Waals surface area contributed by atoms with Crippen molar-refractivity contribution in [2.75, 3.05) is 19.8 Å². The third-order valence-electron chi connectivity index (χ3n) is 5.15. The standard InChI is InChI=1S/C20H21ClN2O4/c1-14-12-15(23(25)26)6-7-16(14)19(24)22-13-20(8-10-27-11-9-20)17-4-2-3-5-18(17)21/h2-7,12H,8-11,13H2,1H3,(H,22,24). The van der Waals surface area contributed by atoms with Crippen LogP contribution in [-0.2, 0) is 10.2 Å². The normalized spacial score (nSPS) is 15.9. The van der Waals surface area contributed by atoms with Crippen molar-refractivity contribution in [2.45, 2.75) is 25.2 Å². The molecule has 7 heteroatoms. The SMILES string of the molecule is Cc1cc([N+](=O)[O-])ccc1C(=O)NCC1(c2ccccc2Cl)CCOCC1. The van der Waals surface area contributed by atoms with Crippen molar-refractivity contribution in [1.29, 1.82) is 0 Å². The molecule has 0 atom stereocenters. The molecule has 0 radical (unpaired) electrons. The number of carbonyl (C=O) groups is 1. The lowest BCUT2D eigenvalue weighted by atomic mass is 9.74. The summed E-state index contributed by atoms with van der Waals surface area (Å²) in [5.74, 6) is -0.250. The Balaban J connectivity index is 1.81. The van der Waals surface area contributed by atoms with Gasteiger partial charge in [0.15, 0.2) is 0 Å². The van der Waals surface area contributed by atoms with Gasteiger partial charge in [-0.15, -0.1) is 0 Å². The summed E-state index contributed by atoms with van der Waals surface area (Å²) in [4.78, 5) is 23.1. The first-order valence-corrected chi connectivity index (χ1v) is 9.17. The van der Waals surface area contributed by atoms with Gasteiger partial charge in [0.2, 0.25) is 0 Å². The van der Waals surface area contributed by atoms with Crippen LogP contribution in [0.15, 0.2) is 42.5 Å². The number of rotatable bonds is 5. The number of ether oxygens (including phenoxy) is 1. The number of amides is 1. The third kappa shape index (κ3) is 4.12. The summed E-state index contributed by atoms with van der Waals surface area (Å²) in [7, 11) is 0. The van der Waals surface area contributed by atoms with Crippen LogP contribution in [0.25, 0.3) is 0 Å². The first-order valence-electron chi connectivity index (χ1n) is 8.79. The number of nitro benzene ring substituents is 1. The van der Waals surface area contributed by atoms with E-state index in [0.29, 0.717) is 35.9 Å². The van der Waals surface area contributed by atoms with Gasteiger partial charge in [-0.25, -0.2) is 0 Å². The van der Waals surface area contributed by atoms with Crippen LogP contribution in [0.4, 0.5) is 5.69 Å². The van der Waals surface area contributed by atoms with Gasteiger partial charge in [0.1, 0.15) is 0 Å². The summed E-state index contributed by atoms with van der Waals surface area (Å²) in [6.07, 6.45) is 1.52. The highest BCUT2D eigenvalue weighted by Gasteiger charge is 2.36. The Hall–Kier alpha value is -2.44. The lowest BCUT2D eigenvalue weighted by molar-refractivity contribution is -0.384. The molecule has 0 aromatic heterocycles. The Morgan fingerprint density at radius 3 is 2.59 bits per heavy atom. The van der Waals surface area contributed by atoms with Gasteiger partial charge >= 0.3 is 0 Å². The van der Waals surface area contributed by atoms with Crippen LogP contribution in [-0.4, -0.2) is 30.6 Å². The quantitative estimate of drug-likeness (QED) is 0.619. The van der Waals surface area contributed by atoms with Crippen LogP contribution in [0.2, 0.25) is 5.02 Å². The molecule has 1 aliphatic heterocycles. The molecule has 142 valence electrons. The van der Waals surface area contributed by atoms with Crippen LogP contribution in [0.3, 0.4) is 0 Å². The fraction of sp³-hybridized carbons (Fsp3) is 0.350. The number of nitrogens with zero attached hydrogens (tertiary/aromatic N) is 1. The molecule has 1 fully saturated rings. The predicted molar refractivity (Wildman–Crippen MR) is 103 cm³/mol. The molecule has 0 spiro atoms. The number of hydrogen-bond acceptors (Lipinski definition) is 4. The Bertz CT molecular complexity index is 863. The molecule has 1 saturated heterocycles. The molecule has 1 aliphatic rings. The van der Waals surface area contributed by atoms with E-state index in [1.165, 1.54) is 18.2 Å². The lowest BCUT2D eigenvalue weighted by Gasteiger charge is -2.38. The fourth-order valence-electron chi connectivity index (χ4n) is 3.56. The van der Waals surface area contributed by atoms with E-state index in [1.54, 1.807) is 6.92 Å². The molecule has 0 saturated carbocycles. The molecule has 3 rings (SSSR count). The van der Waals surface area contributed by atoms with E-state index in [9.17, 15) is 14.9 Å². The average Bonchev–Trinajstić information content (AvgIpc) is 2.67. The molecular weight excluding hydrogens is 368 g/mol. The minimum Gasteiger partial charge on any atom is -0.381 e. The minimum absolute atomic E-state index is 0.0268. The van der Waals surface area contributed by atoms with Gasteiger partial charge < -0.3 is 10.1 Å². The fourth-order valence-corrected chi connectivity index (χ4v) is 3.89. The van der Waals surface area contributed by atoms with Crippen molar-refractivity contribution in [3.05, 3.63) is 74.3 Å². The van der Waals surface area contributed by atoms with E-state index in [4.69, 9.17) is 16.3 Å². The third-order valence-corrected chi connectivity index (χ3v) is 5.48. The number of carbonyl (C=O) groups excluding carboxylic acids is 1. The zero-order valence-electron chi connectivity index (χ0n) is 15.0. The molecule has 1 N–H and O–H groups in total. The van der Waals surface area contributed by atoms with Gasteiger partial charge in [0.05, 0.1) is 4.92 Å². The van der Waals surface area contributed by atoms with Crippen LogP contribution in [0.5, 0.6) is 0 Å². The number of nitrogens with one attached hydrogen (secondary N) is 1. The van der Waals surface area contributed by atoms with E-state index < -0.39 is 4.92 Å². The number of aryl methyl sites for hydroxylation is 1. The van der Waals surface area contributed by atoms with Gasteiger partial charge in [-0.3, -0.25) is 14.9 Å². The highest BCUT2D eigenvalue weighted by molar-refractivity contribution is 6.31. The van der Waals surface area contributed by atoms with Crippen LogP contribution < -0.4 is 5.32 Å². The summed E-state index contributed by atoms with van der Waals surface area (Å²) in [5.41, 5.74) is 1.69. The zero-order chi connectivity index (χ0) is 19.4. The van der Waals surface area contributed by atoms with Gasteiger partial charge in [-0.2, -0.15) is 0 Å². The maximum atomic E-state index is 12.7. The number of nitro groups is 1. The predicted octanol–water partition coefficient (Wildman–Crippen LogP) is 4.03. The summed E-state index contributed by atoms with van der Waals surface area (Å²) in [6.45, 7) is 3.34. The van der Waals surface area contributed by atoms with E-state index in [-0.39, 0.29) is 17.0 Å². The molecule has 1 heterocycles. The number of halogens is 1. The monoisotopic (exact) mass is 388 g/mol. The van der Waals surface area contributed by atoms with Crippen molar-refractivity contribution >= 4 is 23.2 Å². The minimum atomic E-state index is -0.469. The van der Waals surface area contributed by atoms with E-state index in [2.05, 4.69) is 5.32 Å². The molecule has 0 bridgehead atoms. The second-order valence-electron chi connectivity index (χ2n) is 6.81. The van der Waals surface area contributed by atoms with Crippen molar-refractivity contribution in [3.8, 4) is 0 Å². The topological polar surface area (TPSA) is 81.5 Å². The highest BCUT2D eigenvalue weighted by atomic mass is 35.5. The maximum Gasteiger partial charge on any atom is 0.269 e. The molecule has 6 nitrogen and oxygen atoms in total. The van der Waals surface area contributed by atoms with Gasteiger partial charge in [0.25, 0.3) is 11.6 Å².